The van der Waals surface area contributed by atoms with Crippen molar-refractivity contribution in [2.75, 3.05) is 13.0 Å². The summed E-state index contributed by atoms with van der Waals surface area (Å²) < 4.78 is 202. The minimum Gasteiger partial charge on any atom is -0.448 e. The number of hydrogen-bond acceptors (Lipinski definition) is 10. The number of halogens is 11. The maximum atomic E-state index is 15.6. The van der Waals surface area contributed by atoms with Crippen LogP contribution in [-0.2, 0) is 73.2 Å². The van der Waals surface area contributed by atoms with Gasteiger partial charge in [0.1, 0.15) is 40.9 Å². The van der Waals surface area contributed by atoms with Crippen molar-refractivity contribution in [2.24, 2.45) is 11.3 Å². The summed E-state index contributed by atoms with van der Waals surface area (Å²) in [6.07, 6.45) is -10.3. The lowest BCUT2D eigenvalue weighted by molar-refractivity contribution is -0.156. The Morgan fingerprint density at radius 3 is 2.19 bits per heavy atom. The predicted octanol–water partition coefficient (Wildman–Crippen LogP) is 8.17. The van der Waals surface area contributed by atoms with Gasteiger partial charge in [-0.05, 0) is 95.2 Å². The highest BCUT2D eigenvalue weighted by molar-refractivity contribution is 7.92. The van der Waals surface area contributed by atoms with Crippen molar-refractivity contribution in [3.8, 4) is 23.0 Å². The maximum Gasteiger partial charge on any atom is 0.435 e. The van der Waals surface area contributed by atoms with Crippen LogP contribution in [0.25, 0.3) is 22.0 Å². The van der Waals surface area contributed by atoms with Crippen molar-refractivity contribution in [3.63, 3.8) is 0 Å². The molecule has 72 heavy (non-hydrogen) atoms. The second-order valence-electron chi connectivity index (χ2n) is 18.9. The fourth-order valence-electron chi connectivity index (χ4n) is 8.13. The molecule has 0 radical (unpaired) electrons. The van der Waals surface area contributed by atoms with Crippen LogP contribution in [0.15, 0.2) is 42.5 Å². The number of thiol groups is 1. The first kappa shape index (κ1) is 54.0. The number of sulfone groups is 1. The number of pyridine rings is 1. The van der Waals surface area contributed by atoms with E-state index in [2.05, 4.69) is 32.3 Å². The van der Waals surface area contributed by atoms with Crippen LogP contribution in [0.3, 0.4) is 0 Å². The molecule has 388 valence electrons. The van der Waals surface area contributed by atoms with Crippen molar-refractivity contribution < 1.29 is 75.1 Å². The number of esters is 1. The fourth-order valence-corrected chi connectivity index (χ4v) is 9.03. The monoisotopic (exact) mass is 1080 g/mol. The summed E-state index contributed by atoms with van der Waals surface area (Å²) in [4.78, 5) is 31.3. The van der Waals surface area contributed by atoms with Gasteiger partial charge in [0.2, 0.25) is 16.8 Å². The first-order valence-corrected chi connectivity index (χ1v) is 24.8. The average Bonchev–Trinajstić information content (AvgIpc) is 3.75. The molecule has 1 saturated carbocycles. The molecule has 5 aromatic rings. The van der Waals surface area contributed by atoms with Crippen molar-refractivity contribution >= 4 is 55.1 Å². The first-order valence-electron chi connectivity index (χ1n) is 21.4. The number of rotatable bonds is 14. The Labute approximate surface area is 411 Å². The number of aromatic nitrogens is 5. The highest BCUT2D eigenvalue weighted by Crippen LogP contribution is 2.68. The Bertz CT molecular complexity index is 3250. The number of carbonyl (C=O) groups excluding carboxylic acids is 2. The number of hydrogen-bond donors (Lipinski definition) is 2. The number of alkyl halides is 8. The third-order valence-corrected chi connectivity index (χ3v) is 14.9. The first-order chi connectivity index (χ1) is 33.1. The molecule has 1 unspecified atom stereocenters. The normalized spacial score (nSPS) is 17.2. The maximum absolute atomic E-state index is 15.6. The molecule has 2 aromatic carbocycles. The molecule has 14 nitrogen and oxygen atoms in total. The van der Waals surface area contributed by atoms with Crippen LogP contribution in [0.1, 0.15) is 92.6 Å². The molecule has 3 atom stereocenters. The van der Waals surface area contributed by atoms with Gasteiger partial charge in [-0.1, -0.05) is 23.6 Å². The average molecular weight is 1080 g/mol. The summed E-state index contributed by atoms with van der Waals surface area (Å²) in [5.41, 5.74) is -6.73. The highest BCUT2D eigenvalue weighted by Gasteiger charge is 2.68. The van der Waals surface area contributed by atoms with Crippen LogP contribution in [0.4, 0.5) is 43.9 Å². The minimum atomic E-state index is -5.21. The largest absolute Gasteiger partial charge is 0.448 e. The van der Waals surface area contributed by atoms with Crippen LogP contribution in [0, 0.1) is 34.8 Å². The van der Waals surface area contributed by atoms with Gasteiger partial charge in [-0.2, -0.15) is 49.6 Å². The number of amides is 1. The summed E-state index contributed by atoms with van der Waals surface area (Å²) in [6, 6.07) is 5.23. The molecular formula is C45H42ClF10N7O7S2. The van der Waals surface area contributed by atoms with Crippen LogP contribution in [0.2, 0.25) is 5.02 Å². The molecule has 3 heterocycles. The van der Waals surface area contributed by atoms with Gasteiger partial charge in [0.15, 0.2) is 22.3 Å². The smallest absolute Gasteiger partial charge is 0.435 e. The van der Waals surface area contributed by atoms with Crippen LogP contribution < -0.4 is 5.32 Å². The number of fused-ring (bicyclic) bond motifs is 4. The van der Waals surface area contributed by atoms with Crippen molar-refractivity contribution in [2.45, 2.75) is 102 Å². The van der Waals surface area contributed by atoms with Crippen molar-refractivity contribution in [3.05, 3.63) is 98.7 Å². The lowest BCUT2D eigenvalue weighted by atomic mass is 9.93. The van der Waals surface area contributed by atoms with Crippen LogP contribution >= 0.6 is 11.6 Å². The lowest BCUT2D eigenvalue weighted by Gasteiger charge is -2.23. The summed E-state index contributed by atoms with van der Waals surface area (Å²) in [5.74, 6) is -5.71. The number of carbonyl (C=O) groups is 2. The Kier molecular flexibility index (Phi) is 14.2. The Morgan fingerprint density at radius 2 is 1.61 bits per heavy atom. The summed E-state index contributed by atoms with van der Waals surface area (Å²) in [7, 11) is -7.49. The van der Waals surface area contributed by atoms with Gasteiger partial charge in [0, 0.05) is 40.3 Å². The zero-order chi connectivity index (χ0) is 53.4. The van der Waals surface area contributed by atoms with E-state index in [0.29, 0.717) is 15.1 Å². The SMILES string of the molecule is CC(C)(C)C(=O)OCN(Cc1nn(CC(F)(F)F)c2c(-c3ccc(C#CC(C)(C)S(C)(=O)=O)nc3C(Cc3cc(F)cc(F)c3)NC(=O)Cn3nc(C(F)(F)F)c4c3C(F)(F)[C@@H]3C[C@H]43)ccc(Cl)c12)[SH](=O)=O. The van der Waals surface area contributed by atoms with E-state index in [1.165, 1.54) is 58.9 Å². The van der Waals surface area contributed by atoms with Gasteiger partial charge in [-0.3, -0.25) is 19.0 Å². The molecule has 27 heteroatoms. The molecular weight excluding hydrogens is 1040 g/mol. The molecule has 1 amide bonds. The van der Waals surface area contributed by atoms with Gasteiger partial charge in [-0.15, -0.1) is 0 Å². The van der Waals surface area contributed by atoms with Gasteiger partial charge in [0.25, 0.3) is 5.92 Å². The molecule has 0 aliphatic heterocycles. The minimum absolute atomic E-state index is 0.210. The second-order valence-corrected chi connectivity index (χ2v) is 22.9. The van der Waals surface area contributed by atoms with E-state index >= 15 is 8.78 Å². The molecule has 1 N–H and O–H groups in total. The van der Waals surface area contributed by atoms with Gasteiger partial charge < -0.3 is 10.1 Å². The van der Waals surface area contributed by atoms with E-state index in [0.717, 1.165) is 18.4 Å². The molecule has 0 spiro atoms. The van der Waals surface area contributed by atoms with E-state index < -0.39 is 152 Å². The van der Waals surface area contributed by atoms with E-state index in [-0.39, 0.29) is 49.6 Å². The number of nitrogens with one attached hydrogen (secondary N) is 1. The van der Waals surface area contributed by atoms with Crippen molar-refractivity contribution in [1.29, 1.82) is 0 Å². The molecule has 1 fully saturated rings. The zero-order valence-electron chi connectivity index (χ0n) is 38.6. The number of benzene rings is 2. The third-order valence-electron chi connectivity index (χ3n) is 11.9. The zero-order valence-corrected chi connectivity index (χ0v) is 41.0. The molecule has 7 rings (SSSR count). The number of nitrogens with zero attached hydrogens (tertiary/aromatic N) is 6. The topological polar surface area (TPSA) is 175 Å². The Morgan fingerprint density at radius 1 is 0.972 bits per heavy atom. The van der Waals surface area contributed by atoms with E-state index in [1.54, 1.807) is 0 Å². The van der Waals surface area contributed by atoms with Gasteiger partial charge in [-0.25, -0.2) is 30.6 Å². The van der Waals surface area contributed by atoms with E-state index in [4.69, 9.17) is 16.3 Å². The number of ether oxygens (including phenoxy) is 1. The van der Waals surface area contributed by atoms with E-state index in [1.807, 2.05) is 0 Å². The molecule has 0 bridgehead atoms. The standard InChI is InChI=1S/C45H42ClF10N7O7S2/c1-41(2,3)40(65)70-21-61(71(66)67)18-32-35-30(46)10-9-27(37(35)63(59-32)20-43(49,50)51)26-8-7-25(11-12-42(4,5)72(6,68)69)57-36(26)31(15-22-13-23(47)16-24(48)14-22)58-33(64)19-62-39-34(38(60-62)45(54,55)56)28-17-29(28)44(39,52)53/h7-10,13-14,16,28-29,31,71H,15,17-21H2,1-6H3,(H,58,64)/t28-,29+,31?/m0/s1. The second kappa shape index (κ2) is 18.9. The third kappa shape index (κ3) is 11.2. The van der Waals surface area contributed by atoms with Crippen molar-refractivity contribution in [1.82, 2.24) is 34.2 Å². The summed E-state index contributed by atoms with van der Waals surface area (Å²) in [6.45, 7) is 2.14. The Balaban J connectivity index is 1.44. The summed E-state index contributed by atoms with van der Waals surface area (Å²) in [5, 5.41) is 9.40. The van der Waals surface area contributed by atoms with Gasteiger partial charge in [0.05, 0.1) is 39.9 Å². The lowest BCUT2D eigenvalue weighted by Crippen LogP contribution is -2.35. The van der Waals surface area contributed by atoms with Crippen LogP contribution in [0.5, 0.6) is 0 Å². The quantitative estimate of drug-likeness (QED) is 0.0363. The van der Waals surface area contributed by atoms with Gasteiger partial charge >= 0.3 is 18.3 Å². The Hall–Kier alpha value is -5.78. The summed E-state index contributed by atoms with van der Waals surface area (Å²) >= 11 is 6.66. The molecule has 2 aliphatic rings. The van der Waals surface area contributed by atoms with E-state index in [9.17, 15) is 61.5 Å². The fraction of sp³-hybridized carbons (Fsp3) is 0.444. The predicted molar refractivity (Wildman–Crippen MR) is 239 cm³/mol. The molecule has 2 aliphatic carbocycles. The highest BCUT2D eigenvalue weighted by atomic mass is 35.5. The van der Waals surface area contributed by atoms with Crippen LogP contribution in [-0.4, -0.2) is 81.5 Å². The molecule has 3 aromatic heterocycles. The molecule has 0 saturated heterocycles.